The van der Waals surface area contributed by atoms with Crippen LogP contribution in [0.1, 0.15) is 87.8 Å². The summed E-state index contributed by atoms with van der Waals surface area (Å²) in [7, 11) is 0. The Morgan fingerprint density at radius 3 is 1.46 bits per heavy atom. The molecule has 0 saturated heterocycles. The zero-order valence-corrected chi connectivity index (χ0v) is 27.4. The molecule has 2 N–H and O–H groups in total. The molecule has 3 fully saturated rings. The van der Waals surface area contributed by atoms with Gasteiger partial charge in [0.25, 0.3) is 0 Å². The minimum Gasteiger partial charge on any atom is -0.383 e. The van der Waals surface area contributed by atoms with Crippen molar-refractivity contribution in [2.75, 3.05) is 6.61 Å². The molecule has 3 aromatic carbocycles. The lowest BCUT2D eigenvalue weighted by Crippen LogP contribution is -2.66. The first-order valence-electron chi connectivity index (χ1n) is 17.6. The van der Waals surface area contributed by atoms with Crippen LogP contribution in [-0.4, -0.2) is 52.4 Å². The fourth-order valence-electron chi connectivity index (χ4n) is 8.43. The van der Waals surface area contributed by atoms with Gasteiger partial charge in [-0.15, -0.1) is 0 Å². The van der Waals surface area contributed by atoms with E-state index in [9.17, 15) is 10.2 Å². The van der Waals surface area contributed by atoms with Crippen molar-refractivity contribution in [3.05, 3.63) is 108 Å². The Balaban J connectivity index is 1.37. The van der Waals surface area contributed by atoms with Crippen LogP contribution in [0.15, 0.2) is 91.0 Å². The predicted molar refractivity (Wildman–Crippen MR) is 179 cm³/mol. The zero-order valence-electron chi connectivity index (χ0n) is 27.4. The lowest BCUT2D eigenvalue weighted by Gasteiger charge is -2.46. The van der Waals surface area contributed by atoms with Crippen LogP contribution in [-0.2, 0) is 38.8 Å². The fourth-order valence-corrected chi connectivity index (χ4v) is 8.43. The third-order valence-corrected chi connectivity index (χ3v) is 10.8. The number of benzene rings is 3. The summed E-state index contributed by atoms with van der Waals surface area (Å²) in [5.74, 6) is 0. The van der Waals surface area contributed by atoms with Gasteiger partial charge in [-0.25, -0.2) is 0 Å². The molecule has 0 aliphatic heterocycles. The maximum Gasteiger partial charge on any atom is 0.134 e. The molecule has 3 aliphatic carbocycles. The number of hydrogen-bond donors (Lipinski definition) is 2. The summed E-state index contributed by atoms with van der Waals surface area (Å²) in [6.45, 7) is 3.66. The summed E-state index contributed by atoms with van der Waals surface area (Å²) in [4.78, 5) is 0. The molecule has 0 heterocycles. The van der Waals surface area contributed by atoms with Gasteiger partial charge in [-0.1, -0.05) is 143 Å². The normalized spacial score (nSPS) is 29.8. The standard InChI is InChI=1S/C40H52O6/c1-2-3-4-5-18-27-43-36-34(44-28-31-19-10-6-11-20-31)35(45-29-32-21-12-7-13-22-32)37(46-30-33-23-14-8-15-24-33)40(42)38(39(36,40)41)25-16-9-17-26-38/h6-8,10-15,19-24,34-37,41-42H,2-5,9,16-18,25-30H2,1H3. The van der Waals surface area contributed by atoms with Gasteiger partial charge in [0.2, 0.25) is 0 Å². The molecule has 6 heteroatoms. The quantitative estimate of drug-likeness (QED) is 0.160. The first kappa shape index (κ1) is 33.3. The highest BCUT2D eigenvalue weighted by Gasteiger charge is 2.95. The largest absolute Gasteiger partial charge is 0.383 e. The Kier molecular flexibility index (Phi) is 10.9. The summed E-state index contributed by atoms with van der Waals surface area (Å²) >= 11 is 0. The number of fused-ring (bicyclic) bond motifs is 3. The number of hydrogen-bond acceptors (Lipinski definition) is 6. The van der Waals surface area contributed by atoms with Gasteiger partial charge in [0.1, 0.15) is 35.6 Å². The molecule has 3 saturated carbocycles. The Labute approximate surface area is 275 Å². The van der Waals surface area contributed by atoms with E-state index in [-0.39, 0.29) is 0 Å². The first-order chi connectivity index (χ1) is 22.5. The van der Waals surface area contributed by atoms with E-state index in [0.29, 0.717) is 26.4 Å². The van der Waals surface area contributed by atoms with Crippen LogP contribution in [0.25, 0.3) is 0 Å². The van der Waals surface area contributed by atoms with E-state index in [1.807, 2.05) is 91.0 Å². The molecule has 6 atom stereocenters. The molecular formula is C40H52O6. The van der Waals surface area contributed by atoms with E-state index in [4.69, 9.17) is 18.9 Å². The Morgan fingerprint density at radius 2 is 0.978 bits per heavy atom. The van der Waals surface area contributed by atoms with Crippen LogP contribution in [0.4, 0.5) is 0 Å². The van der Waals surface area contributed by atoms with Crippen LogP contribution in [0.5, 0.6) is 0 Å². The smallest absolute Gasteiger partial charge is 0.134 e. The molecule has 6 unspecified atom stereocenters. The average Bonchev–Trinajstić information content (AvgIpc) is 3.52. The van der Waals surface area contributed by atoms with Crippen molar-refractivity contribution in [1.29, 1.82) is 0 Å². The highest BCUT2D eigenvalue weighted by Crippen LogP contribution is 2.77. The van der Waals surface area contributed by atoms with Gasteiger partial charge in [-0.3, -0.25) is 0 Å². The van der Waals surface area contributed by atoms with Crippen LogP contribution in [0.2, 0.25) is 0 Å². The number of ether oxygens (including phenoxy) is 4. The molecule has 0 bridgehead atoms. The second-order valence-corrected chi connectivity index (χ2v) is 13.6. The van der Waals surface area contributed by atoms with E-state index in [1.165, 1.54) is 12.8 Å². The zero-order chi connectivity index (χ0) is 31.9. The van der Waals surface area contributed by atoms with Gasteiger partial charge in [0.15, 0.2) is 0 Å². The van der Waals surface area contributed by atoms with Gasteiger partial charge in [-0.05, 0) is 36.0 Å². The maximum atomic E-state index is 12.9. The van der Waals surface area contributed by atoms with Crippen molar-refractivity contribution in [1.82, 2.24) is 0 Å². The lowest BCUT2D eigenvalue weighted by molar-refractivity contribution is -0.272. The van der Waals surface area contributed by atoms with Gasteiger partial charge in [0.05, 0.1) is 19.8 Å². The van der Waals surface area contributed by atoms with E-state index in [1.54, 1.807) is 0 Å². The molecule has 0 amide bonds. The van der Waals surface area contributed by atoms with E-state index < -0.39 is 41.0 Å². The number of unbranched alkanes of at least 4 members (excludes halogenated alkanes) is 4. The second kappa shape index (κ2) is 15.1. The van der Waals surface area contributed by atoms with Crippen LogP contribution < -0.4 is 0 Å². The third kappa shape index (κ3) is 6.33. The van der Waals surface area contributed by atoms with Crippen molar-refractivity contribution in [3.8, 4) is 0 Å². The van der Waals surface area contributed by atoms with Gasteiger partial charge in [-0.2, -0.15) is 0 Å². The van der Waals surface area contributed by atoms with Gasteiger partial charge < -0.3 is 29.2 Å². The van der Waals surface area contributed by atoms with Gasteiger partial charge >= 0.3 is 0 Å². The van der Waals surface area contributed by atoms with Crippen molar-refractivity contribution in [3.63, 3.8) is 0 Å². The first-order valence-corrected chi connectivity index (χ1v) is 17.6. The molecule has 6 nitrogen and oxygen atoms in total. The minimum absolute atomic E-state index is 0.291. The Hall–Kier alpha value is -2.58. The Morgan fingerprint density at radius 1 is 0.543 bits per heavy atom. The highest BCUT2D eigenvalue weighted by molar-refractivity contribution is 5.44. The van der Waals surface area contributed by atoms with Crippen LogP contribution in [0, 0.1) is 5.41 Å². The third-order valence-electron chi connectivity index (χ3n) is 10.8. The molecule has 248 valence electrons. The predicted octanol–water partition coefficient (Wildman–Crippen LogP) is 7.54. The van der Waals surface area contributed by atoms with E-state index in [2.05, 4.69) is 6.92 Å². The number of aliphatic hydroxyl groups is 2. The maximum absolute atomic E-state index is 12.9. The molecular weight excluding hydrogens is 576 g/mol. The summed E-state index contributed by atoms with van der Waals surface area (Å²) in [6, 6.07) is 30.2. The van der Waals surface area contributed by atoms with Crippen LogP contribution >= 0.6 is 0 Å². The van der Waals surface area contributed by atoms with E-state index >= 15 is 0 Å². The van der Waals surface area contributed by atoms with Crippen LogP contribution in [0.3, 0.4) is 0 Å². The van der Waals surface area contributed by atoms with Crippen molar-refractivity contribution in [2.24, 2.45) is 5.41 Å². The molecule has 0 radical (unpaired) electrons. The van der Waals surface area contributed by atoms with Crippen molar-refractivity contribution < 1.29 is 29.2 Å². The monoisotopic (exact) mass is 628 g/mol. The molecule has 46 heavy (non-hydrogen) atoms. The average molecular weight is 629 g/mol. The van der Waals surface area contributed by atoms with Crippen molar-refractivity contribution in [2.45, 2.75) is 127 Å². The van der Waals surface area contributed by atoms with Gasteiger partial charge in [0, 0.05) is 12.0 Å². The van der Waals surface area contributed by atoms with E-state index in [0.717, 1.165) is 68.1 Å². The highest BCUT2D eigenvalue weighted by atomic mass is 16.6. The van der Waals surface area contributed by atoms with Crippen molar-refractivity contribution >= 4 is 0 Å². The Bertz CT molecular complexity index is 1330. The molecule has 3 aromatic rings. The lowest BCUT2D eigenvalue weighted by atomic mass is 9.81. The fraction of sp³-hybridized carbons (Fsp3) is 0.550. The number of rotatable bonds is 16. The minimum atomic E-state index is -1.53. The summed E-state index contributed by atoms with van der Waals surface area (Å²) in [5, 5.41) is 25.9. The molecule has 0 aromatic heterocycles. The summed E-state index contributed by atoms with van der Waals surface area (Å²) in [6.07, 6.45) is 7.03. The summed E-state index contributed by atoms with van der Waals surface area (Å²) < 4.78 is 27.1. The topological polar surface area (TPSA) is 77.4 Å². The molecule has 3 aliphatic rings. The summed E-state index contributed by atoms with van der Waals surface area (Å²) in [5.41, 5.74) is -0.737. The molecule has 1 spiro atoms. The second-order valence-electron chi connectivity index (χ2n) is 13.6. The molecule has 6 rings (SSSR count). The SMILES string of the molecule is CCCCCCCOC1C(OCc2ccccc2)C(OCc2ccccc2)C(OCc2ccccc2)C2(O)C3(CCCCC3)C12O.